The van der Waals surface area contributed by atoms with Crippen molar-refractivity contribution < 1.29 is 19.1 Å². The average Bonchev–Trinajstić information content (AvgIpc) is 3.34. The number of H-pyrrole nitrogens is 1. The number of aryl methyl sites for hydroxylation is 1. The van der Waals surface area contributed by atoms with Crippen molar-refractivity contribution in [3.05, 3.63) is 34.6 Å². The molecule has 2 heterocycles. The third-order valence-electron chi connectivity index (χ3n) is 5.87. The molecule has 2 fully saturated rings. The summed E-state index contributed by atoms with van der Waals surface area (Å²) in [5.41, 5.74) is 2.41. The molecule has 1 aliphatic heterocycles. The van der Waals surface area contributed by atoms with E-state index < -0.39 is 23.4 Å². The van der Waals surface area contributed by atoms with Crippen molar-refractivity contribution in [3.63, 3.8) is 0 Å². The van der Waals surface area contributed by atoms with Gasteiger partial charge in [0.1, 0.15) is 17.9 Å². The second-order valence-corrected chi connectivity index (χ2v) is 9.77. The van der Waals surface area contributed by atoms with E-state index in [4.69, 9.17) is 16.3 Å². The molecule has 1 aromatic carbocycles. The van der Waals surface area contributed by atoms with Crippen molar-refractivity contribution in [1.29, 1.82) is 0 Å². The second kappa shape index (κ2) is 9.60. The zero-order chi connectivity index (χ0) is 23.6. The maximum atomic E-state index is 12.8. The van der Waals surface area contributed by atoms with Crippen molar-refractivity contribution >= 4 is 41.2 Å². The fraction of sp³-hybridized carbons (Fsp3) is 0.476. The molecule has 0 radical (unpaired) electrons. The highest BCUT2D eigenvalue weighted by Gasteiger charge is 2.52. The number of imide groups is 1. The molecule has 4 rings (SSSR count). The number of nitrogens with one attached hydrogen (secondary N) is 3. The van der Waals surface area contributed by atoms with Gasteiger partial charge in [-0.1, -0.05) is 30.3 Å². The molecule has 2 aromatic rings. The van der Waals surface area contributed by atoms with Crippen LogP contribution in [-0.4, -0.2) is 49.3 Å². The summed E-state index contributed by atoms with van der Waals surface area (Å²) in [4.78, 5) is 41.8. The fourth-order valence-electron chi connectivity index (χ4n) is 3.87. The van der Waals surface area contributed by atoms with Gasteiger partial charge in [0.2, 0.25) is 11.1 Å². The first-order valence-corrected chi connectivity index (χ1v) is 12.0. The molecule has 1 saturated heterocycles. The number of rotatable bonds is 7. The van der Waals surface area contributed by atoms with Gasteiger partial charge in [-0.25, -0.2) is 9.78 Å². The predicted octanol–water partition coefficient (Wildman–Crippen LogP) is 2.97. The van der Waals surface area contributed by atoms with Gasteiger partial charge in [0.05, 0.1) is 5.75 Å². The molecule has 2 aliphatic rings. The molecule has 1 saturated carbocycles. The van der Waals surface area contributed by atoms with Gasteiger partial charge in [0.15, 0.2) is 5.82 Å². The Morgan fingerprint density at radius 1 is 1.36 bits per heavy atom. The summed E-state index contributed by atoms with van der Waals surface area (Å²) in [6.07, 6.45) is 2.88. The molecular weight excluding hydrogens is 468 g/mol. The van der Waals surface area contributed by atoms with Gasteiger partial charge in [0.25, 0.3) is 5.91 Å². The largest absolute Gasteiger partial charge is 0.486 e. The molecular formula is C21H25ClN6O4S. The Bertz CT molecular complexity index is 1070. The molecule has 0 bridgehead atoms. The van der Waals surface area contributed by atoms with Crippen LogP contribution in [0.5, 0.6) is 5.75 Å². The van der Waals surface area contributed by atoms with Crippen LogP contribution in [0.15, 0.2) is 23.4 Å². The van der Waals surface area contributed by atoms with E-state index in [9.17, 15) is 14.4 Å². The maximum Gasteiger partial charge on any atom is 0.344 e. The molecule has 1 spiro atoms. The molecule has 33 heavy (non-hydrogen) atoms. The van der Waals surface area contributed by atoms with Crippen LogP contribution < -0.4 is 15.5 Å². The third-order valence-corrected chi connectivity index (χ3v) is 7.15. The van der Waals surface area contributed by atoms with Gasteiger partial charge < -0.3 is 10.1 Å². The number of benzene rings is 1. The van der Waals surface area contributed by atoms with Gasteiger partial charge in [-0.3, -0.25) is 20.1 Å². The van der Waals surface area contributed by atoms with E-state index in [2.05, 4.69) is 32.8 Å². The summed E-state index contributed by atoms with van der Waals surface area (Å²) in [6, 6.07) is 4.75. The van der Waals surface area contributed by atoms with E-state index in [1.54, 1.807) is 12.1 Å². The third kappa shape index (κ3) is 5.25. The van der Waals surface area contributed by atoms with Crippen LogP contribution in [0.3, 0.4) is 0 Å². The first-order valence-electron chi connectivity index (χ1n) is 10.6. The smallest absolute Gasteiger partial charge is 0.344 e. The van der Waals surface area contributed by atoms with Crippen LogP contribution in [0.1, 0.15) is 44.0 Å². The number of carbonyl (C=O) groups excluding carboxylic acids is 3. The molecule has 1 aliphatic carbocycles. The molecule has 12 heteroatoms. The lowest BCUT2D eigenvalue weighted by atomic mass is 9.77. The minimum absolute atomic E-state index is 0.0599. The molecule has 4 amide bonds. The zero-order valence-electron chi connectivity index (χ0n) is 18.3. The number of aromatic nitrogens is 3. The number of ether oxygens (including phenoxy) is 1. The normalized spacial score (nSPS) is 22.5. The summed E-state index contributed by atoms with van der Waals surface area (Å²) >= 11 is 7.09. The van der Waals surface area contributed by atoms with E-state index in [1.165, 1.54) is 0 Å². The number of nitrogens with zero attached hydrogens (tertiary/aromatic N) is 3. The van der Waals surface area contributed by atoms with Crippen molar-refractivity contribution in [2.75, 3.05) is 5.75 Å². The van der Waals surface area contributed by atoms with Gasteiger partial charge in [-0.2, -0.15) is 5.01 Å². The first-order chi connectivity index (χ1) is 15.8. The summed E-state index contributed by atoms with van der Waals surface area (Å²) in [5.74, 6) is 0.716. The van der Waals surface area contributed by atoms with Crippen LogP contribution in [-0.2, 0) is 16.2 Å². The fourth-order valence-corrected chi connectivity index (χ4v) is 4.60. The van der Waals surface area contributed by atoms with Crippen LogP contribution in [0, 0.1) is 12.8 Å². The highest BCUT2D eigenvalue weighted by Crippen LogP contribution is 2.35. The Balaban J connectivity index is 1.25. The quantitative estimate of drug-likeness (QED) is 0.400. The summed E-state index contributed by atoms with van der Waals surface area (Å²) in [5, 5.41) is 11.4. The zero-order valence-corrected chi connectivity index (χ0v) is 19.9. The predicted molar refractivity (Wildman–Crippen MR) is 122 cm³/mol. The second-order valence-electron chi connectivity index (χ2n) is 8.42. The van der Waals surface area contributed by atoms with Crippen molar-refractivity contribution in [1.82, 2.24) is 30.9 Å². The molecule has 0 unspecified atom stereocenters. The highest BCUT2D eigenvalue weighted by atomic mass is 35.5. The van der Waals surface area contributed by atoms with Crippen LogP contribution in [0.2, 0.25) is 5.02 Å². The van der Waals surface area contributed by atoms with Crippen LogP contribution in [0.25, 0.3) is 0 Å². The topological polar surface area (TPSA) is 129 Å². The Morgan fingerprint density at radius 2 is 2.12 bits per heavy atom. The molecule has 1 aromatic heterocycles. The van der Waals surface area contributed by atoms with Crippen molar-refractivity contribution in [2.24, 2.45) is 5.92 Å². The number of aromatic amines is 1. The van der Waals surface area contributed by atoms with E-state index >= 15 is 0 Å². The van der Waals surface area contributed by atoms with E-state index in [0.29, 0.717) is 40.5 Å². The number of carbonyl (C=O) groups is 3. The minimum atomic E-state index is -0.898. The molecule has 0 atom stereocenters. The van der Waals surface area contributed by atoms with Gasteiger partial charge >= 0.3 is 6.03 Å². The summed E-state index contributed by atoms with van der Waals surface area (Å²) < 4.78 is 5.67. The van der Waals surface area contributed by atoms with E-state index in [1.807, 2.05) is 13.0 Å². The van der Waals surface area contributed by atoms with E-state index in [-0.39, 0.29) is 12.4 Å². The van der Waals surface area contributed by atoms with Gasteiger partial charge in [-0.05, 0) is 62.3 Å². The van der Waals surface area contributed by atoms with Crippen molar-refractivity contribution in [2.45, 2.75) is 56.8 Å². The number of hydrazine groups is 1. The standard InChI is InChI=1S/C21H25ClN6O4S/c1-12-5-7-21(8-6-12)18(30)28(20(31)24-21)27-17(29)11-33-19-23-16(25-26-19)10-32-14-3-4-15(22)13(2)9-14/h3-4,9,12H,5-8,10-11H2,1-2H3,(H,24,31)(H,27,29)(H,23,25,26). The lowest BCUT2D eigenvalue weighted by Crippen LogP contribution is -2.51. The number of halogens is 1. The Labute approximate surface area is 200 Å². The summed E-state index contributed by atoms with van der Waals surface area (Å²) in [6.45, 7) is 4.19. The molecule has 3 N–H and O–H groups in total. The average molecular weight is 493 g/mol. The monoisotopic (exact) mass is 492 g/mol. The maximum absolute atomic E-state index is 12.8. The highest BCUT2D eigenvalue weighted by molar-refractivity contribution is 7.99. The van der Waals surface area contributed by atoms with Crippen molar-refractivity contribution in [3.8, 4) is 5.75 Å². The van der Waals surface area contributed by atoms with Crippen LogP contribution >= 0.6 is 23.4 Å². The number of urea groups is 1. The number of hydrogen-bond acceptors (Lipinski definition) is 7. The van der Waals surface area contributed by atoms with Crippen LogP contribution in [0.4, 0.5) is 4.79 Å². The van der Waals surface area contributed by atoms with E-state index in [0.717, 1.165) is 35.2 Å². The number of hydrogen-bond donors (Lipinski definition) is 3. The SMILES string of the molecule is Cc1cc(OCc2nc(SCC(=O)NN3C(=O)NC4(CCC(C)CC4)C3=O)n[nH]2)ccc1Cl. The lowest BCUT2D eigenvalue weighted by Gasteiger charge is -2.33. The lowest BCUT2D eigenvalue weighted by molar-refractivity contribution is -0.139. The van der Waals surface area contributed by atoms with Gasteiger partial charge in [-0.15, -0.1) is 5.10 Å². The Hall–Kier alpha value is -2.79. The minimum Gasteiger partial charge on any atom is -0.486 e. The molecule has 10 nitrogen and oxygen atoms in total. The summed E-state index contributed by atoms with van der Waals surface area (Å²) in [7, 11) is 0. The number of thioether (sulfide) groups is 1. The Kier molecular flexibility index (Phi) is 6.80. The molecule has 176 valence electrons. The van der Waals surface area contributed by atoms with Gasteiger partial charge in [0, 0.05) is 5.02 Å². The first kappa shape index (κ1) is 23.4. The number of amides is 4. The Morgan fingerprint density at radius 3 is 2.85 bits per heavy atom.